The quantitative estimate of drug-likeness (QED) is 0.428. The lowest BCUT2D eigenvalue weighted by Gasteiger charge is -1.94. The first-order valence-corrected chi connectivity index (χ1v) is 6.19. The lowest BCUT2D eigenvalue weighted by molar-refractivity contribution is -0.136. The van der Waals surface area contributed by atoms with Crippen LogP contribution in [0.2, 0.25) is 0 Å². The zero-order valence-corrected chi connectivity index (χ0v) is 12.1. The summed E-state index contributed by atoms with van der Waals surface area (Å²) in [6.07, 6.45) is -0.307. The molecule has 0 radical (unpaired) electrons. The fourth-order valence-electron chi connectivity index (χ4n) is 1.64. The van der Waals surface area contributed by atoms with Gasteiger partial charge in [-0.25, -0.2) is 4.79 Å². The van der Waals surface area contributed by atoms with E-state index in [-0.39, 0.29) is 42.3 Å². The monoisotopic (exact) mass is 348 g/mol. The van der Waals surface area contributed by atoms with Gasteiger partial charge in [0.2, 0.25) is 0 Å². The number of rotatable bonds is 4. The zero-order chi connectivity index (χ0) is 18.3. The van der Waals surface area contributed by atoms with E-state index >= 15 is 0 Å². The van der Waals surface area contributed by atoms with Crippen LogP contribution in [0.15, 0.2) is 0 Å². The average Bonchev–Trinajstić information content (AvgIpc) is 3.02. The Morgan fingerprint density at radius 3 is 2.12 bits per heavy atom. The number of aromatic carboxylic acids is 1. The summed E-state index contributed by atoms with van der Waals surface area (Å²) < 4.78 is 0. The van der Waals surface area contributed by atoms with E-state index in [0.29, 0.717) is 5.69 Å². The molecule has 2 aromatic heterocycles. The van der Waals surface area contributed by atoms with E-state index in [1.807, 2.05) is 12.1 Å². The maximum Gasteiger partial charge on any atom is 0.341 e. The summed E-state index contributed by atoms with van der Waals surface area (Å²) in [5.74, 6) is -2.49. The van der Waals surface area contributed by atoms with Crippen molar-refractivity contribution < 1.29 is 19.8 Å². The first-order chi connectivity index (χ1) is 11.3. The van der Waals surface area contributed by atoms with Crippen molar-refractivity contribution in [2.45, 2.75) is 20.3 Å². The fraction of sp³-hybridized carbons (Fsp3) is 0.231. The highest BCUT2D eigenvalue weighted by Gasteiger charge is 2.19. The predicted molar refractivity (Wildman–Crippen MR) is 85.1 cm³/mol. The number of carbonyl (C=O) groups is 2. The van der Waals surface area contributed by atoms with Crippen LogP contribution in [0.5, 0.6) is 0 Å². The second kappa shape index (κ2) is 9.16. The Morgan fingerprint density at radius 2 is 1.64 bits per heavy atom. The second-order valence-corrected chi connectivity index (χ2v) is 4.25. The molecule has 0 aliphatic carbocycles. The van der Waals surface area contributed by atoms with Crippen molar-refractivity contribution in [2.24, 2.45) is 0 Å². The van der Waals surface area contributed by atoms with Gasteiger partial charge in [-0.1, -0.05) is 7.43 Å². The average molecular weight is 348 g/mol. The summed E-state index contributed by atoms with van der Waals surface area (Å²) in [7, 11) is 0. The molecular weight excluding hydrogens is 332 g/mol. The van der Waals surface area contributed by atoms with Gasteiger partial charge in [0.1, 0.15) is 17.2 Å². The number of anilines is 2. The van der Waals surface area contributed by atoms with E-state index in [1.54, 1.807) is 0 Å². The number of aromatic amines is 2. The Balaban J connectivity index is 0.000000449. The Bertz CT molecular complexity index is 839. The number of hydrogen-bond donors (Lipinski definition) is 6. The van der Waals surface area contributed by atoms with Gasteiger partial charge in [0, 0.05) is 0 Å². The van der Waals surface area contributed by atoms with E-state index in [4.69, 9.17) is 32.2 Å². The van der Waals surface area contributed by atoms with Crippen LogP contribution in [0.4, 0.5) is 11.6 Å². The van der Waals surface area contributed by atoms with Gasteiger partial charge in [0.05, 0.1) is 30.3 Å². The molecule has 2 heterocycles. The number of H-pyrrole nitrogens is 2. The number of nitriles is 2. The molecule has 0 atom stereocenters. The number of nitrogens with zero attached hydrogens (tertiary/aromatic N) is 4. The van der Waals surface area contributed by atoms with Crippen LogP contribution >= 0.6 is 0 Å². The molecule has 0 aliphatic heterocycles. The standard InChI is InChI=1S/C6H5N5.C6H7N3O4.CH4/c7-2-1-5-4(3-8)6(9)11-10-5;7-5-4(6(12)13)2(8-9-5)1-3(10)11;/h1H2,(H3,9,10,11);1H2,(H,10,11)(H,12,13)(H3,7,8,9);1H4. The molecule has 0 saturated heterocycles. The molecule has 12 nitrogen and oxygen atoms in total. The number of hydrogen-bond acceptors (Lipinski definition) is 8. The molecule has 0 bridgehead atoms. The third-order valence-corrected chi connectivity index (χ3v) is 2.65. The molecule has 0 fully saturated rings. The number of nitrogens with one attached hydrogen (secondary N) is 2. The van der Waals surface area contributed by atoms with E-state index in [1.165, 1.54) is 0 Å². The SMILES string of the molecule is C.N#CCc1[nH]nc(N)c1C#N.Nc1n[nH]c(CC(=O)O)c1C(=O)O. The van der Waals surface area contributed by atoms with Crippen molar-refractivity contribution in [2.75, 3.05) is 11.5 Å². The minimum absolute atomic E-state index is 0. The third kappa shape index (κ3) is 5.26. The topological polar surface area (TPSA) is 232 Å². The number of carboxylic acids is 2. The summed E-state index contributed by atoms with van der Waals surface area (Å²) in [4.78, 5) is 20.8. The van der Waals surface area contributed by atoms with Crippen molar-refractivity contribution in [3.05, 3.63) is 22.5 Å². The van der Waals surface area contributed by atoms with E-state index < -0.39 is 18.4 Å². The molecule has 0 aromatic carbocycles. The number of nitrogen functional groups attached to an aromatic ring is 2. The third-order valence-electron chi connectivity index (χ3n) is 2.65. The van der Waals surface area contributed by atoms with Gasteiger partial charge in [-0.2, -0.15) is 20.7 Å². The van der Waals surface area contributed by atoms with Crippen molar-refractivity contribution in [1.82, 2.24) is 20.4 Å². The van der Waals surface area contributed by atoms with Gasteiger partial charge in [0.15, 0.2) is 11.6 Å². The van der Waals surface area contributed by atoms with Crippen molar-refractivity contribution >= 4 is 23.6 Å². The molecule has 2 rings (SSSR count). The van der Waals surface area contributed by atoms with Crippen LogP contribution in [-0.4, -0.2) is 42.5 Å². The summed E-state index contributed by atoms with van der Waals surface area (Å²) in [6.45, 7) is 0. The Labute approximate surface area is 141 Å². The van der Waals surface area contributed by atoms with E-state index in [0.717, 1.165) is 0 Å². The molecule has 25 heavy (non-hydrogen) atoms. The van der Waals surface area contributed by atoms with Crippen LogP contribution in [0.3, 0.4) is 0 Å². The minimum Gasteiger partial charge on any atom is -0.481 e. The molecule has 12 heteroatoms. The number of aliphatic carboxylic acids is 1. The molecule has 132 valence electrons. The van der Waals surface area contributed by atoms with Crippen LogP contribution in [-0.2, 0) is 17.6 Å². The lowest BCUT2D eigenvalue weighted by atomic mass is 10.2. The molecule has 0 aliphatic rings. The molecule has 0 saturated carbocycles. The maximum atomic E-state index is 10.6. The van der Waals surface area contributed by atoms with Crippen LogP contribution in [0, 0.1) is 22.7 Å². The smallest absolute Gasteiger partial charge is 0.341 e. The second-order valence-electron chi connectivity index (χ2n) is 4.25. The molecular formula is C13H16N8O4. The summed E-state index contributed by atoms with van der Waals surface area (Å²) >= 11 is 0. The van der Waals surface area contributed by atoms with Gasteiger partial charge >= 0.3 is 11.9 Å². The Morgan fingerprint density at radius 1 is 1.08 bits per heavy atom. The van der Waals surface area contributed by atoms with Gasteiger partial charge < -0.3 is 21.7 Å². The highest BCUT2D eigenvalue weighted by atomic mass is 16.4. The fourth-order valence-corrected chi connectivity index (χ4v) is 1.64. The molecule has 8 N–H and O–H groups in total. The van der Waals surface area contributed by atoms with Gasteiger partial charge in [-0.15, -0.1) is 0 Å². The molecule has 0 unspecified atom stereocenters. The summed E-state index contributed by atoms with van der Waals surface area (Å²) in [5, 5.41) is 45.6. The van der Waals surface area contributed by atoms with Crippen LogP contribution in [0.1, 0.15) is 34.7 Å². The number of aromatic nitrogens is 4. The minimum atomic E-state index is -1.29. The molecule has 2 aromatic rings. The van der Waals surface area contributed by atoms with E-state index in [2.05, 4.69) is 20.4 Å². The van der Waals surface area contributed by atoms with Crippen LogP contribution < -0.4 is 11.5 Å². The van der Waals surface area contributed by atoms with Gasteiger partial charge in [0.25, 0.3) is 0 Å². The number of nitrogens with two attached hydrogens (primary N) is 2. The van der Waals surface area contributed by atoms with E-state index in [9.17, 15) is 9.59 Å². The summed E-state index contributed by atoms with van der Waals surface area (Å²) in [6, 6.07) is 3.75. The first-order valence-electron chi connectivity index (χ1n) is 6.19. The van der Waals surface area contributed by atoms with Crippen molar-refractivity contribution in [3.8, 4) is 12.1 Å². The normalized spacial score (nSPS) is 8.88. The first kappa shape index (κ1) is 20.9. The largest absolute Gasteiger partial charge is 0.481 e. The van der Waals surface area contributed by atoms with Gasteiger partial charge in [-0.3, -0.25) is 15.0 Å². The number of carboxylic acid groups (broad SMARTS) is 2. The molecule has 0 spiro atoms. The van der Waals surface area contributed by atoms with Gasteiger partial charge in [-0.05, 0) is 0 Å². The zero-order valence-electron chi connectivity index (χ0n) is 12.1. The lowest BCUT2D eigenvalue weighted by Crippen LogP contribution is -2.07. The van der Waals surface area contributed by atoms with Crippen molar-refractivity contribution in [1.29, 1.82) is 10.5 Å². The Hall–Kier alpha value is -4.06. The predicted octanol–water partition coefficient (Wildman–Crippen LogP) is -0.117. The van der Waals surface area contributed by atoms with Crippen LogP contribution in [0.25, 0.3) is 0 Å². The molecule has 0 amide bonds. The highest BCUT2D eigenvalue weighted by molar-refractivity contribution is 5.95. The maximum absolute atomic E-state index is 10.6. The van der Waals surface area contributed by atoms with Crippen molar-refractivity contribution in [3.63, 3.8) is 0 Å². The summed E-state index contributed by atoms with van der Waals surface area (Å²) in [5.41, 5.74) is 11.0. The Kier molecular flexibility index (Phi) is 7.67. The highest BCUT2D eigenvalue weighted by Crippen LogP contribution is 2.13.